The molecule has 2 rings (SSSR count). The van der Waals surface area contributed by atoms with Crippen LogP contribution < -0.4 is 0 Å². The fourth-order valence-corrected chi connectivity index (χ4v) is 1.75. The lowest BCUT2D eigenvalue weighted by atomic mass is 10.0. The highest BCUT2D eigenvalue weighted by molar-refractivity contribution is 6.00. The van der Waals surface area contributed by atoms with Gasteiger partial charge >= 0.3 is 11.9 Å². The molecule has 0 aromatic carbocycles. The molecule has 0 amide bonds. The second-order valence-corrected chi connectivity index (χ2v) is 4.58. The molecule has 26 heavy (non-hydrogen) atoms. The summed E-state index contributed by atoms with van der Waals surface area (Å²) in [6.07, 6.45) is 2.49. The molecule has 140 valence electrons. The highest BCUT2D eigenvalue weighted by atomic mass is 19.2. The van der Waals surface area contributed by atoms with Crippen molar-refractivity contribution in [2.24, 2.45) is 0 Å². The largest absolute Gasteiger partial charge is 0.465 e. The lowest BCUT2D eigenvalue weighted by Gasteiger charge is -2.14. The van der Waals surface area contributed by atoms with Crippen LogP contribution >= 0.6 is 0 Å². The normalized spacial score (nSPS) is 9.92. The van der Waals surface area contributed by atoms with Gasteiger partial charge < -0.3 is 9.47 Å². The second kappa shape index (κ2) is 10.8. The van der Waals surface area contributed by atoms with Crippen molar-refractivity contribution >= 4 is 11.9 Å². The first-order valence-corrected chi connectivity index (χ1v) is 7.62. The van der Waals surface area contributed by atoms with Crippen molar-refractivity contribution in [3.8, 4) is 0 Å². The topological polar surface area (TPSA) is 78.4 Å². The fourth-order valence-electron chi connectivity index (χ4n) is 1.75. The average Bonchev–Trinajstić information content (AvgIpc) is 2.61. The van der Waals surface area contributed by atoms with Crippen molar-refractivity contribution in [1.29, 1.82) is 0 Å². The van der Waals surface area contributed by atoms with E-state index in [4.69, 9.17) is 9.47 Å². The zero-order valence-electron chi connectivity index (χ0n) is 14.1. The van der Waals surface area contributed by atoms with Crippen LogP contribution in [0, 0.1) is 17.6 Å². The van der Waals surface area contributed by atoms with Crippen molar-refractivity contribution in [3.63, 3.8) is 0 Å². The summed E-state index contributed by atoms with van der Waals surface area (Å²) in [6, 6.07) is 4.83. The van der Waals surface area contributed by atoms with Crippen molar-refractivity contribution in [1.82, 2.24) is 9.97 Å². The van der Waals surface area contributed by atoms with Gasteiger partial charge in [-0.05, 0) is 38.1 Å². The first-order valence-electron chi connectivity index (χ1n) is 7.62. The van der Waals surface area contributed by atoms with E-state index in [0.717, 1.165) is 12.1 Å². The van der Waals surface area contributed by atoms with Crippen molar-refractivity contribution < 1.29 is 32.2 Å². The summed E-state index contributed by atoms with van der Waals surface area (Å²) in [5, 5.41) is 0. The number of nitrogens with zero attached hydrogens (tertiary/aromatic N) is 2. The molecule has 0 aliphatic heterocycles. The standard InChI is InChI=1S/C12H14FNO4.C5H3F2N/c1-3-17-11(15)9(12(16)18-4-2)10-8(13)6-5-7-14-10;6-4-2-1-3-8-5(4)7/h5-7,9H,3-4H2,1-2H3;1-3H. The first kappa shape index (κ1) is 21.1. The van der Waals surface area contributed by atoms with Gasteiger partial charge in [0.2, 0.25) is 5.95 Å². The smallest absolute Gasteiger partial charge is 0.326 e. The van der Waals surface area contributed by atoms with Gasteiger partial charge in [-0.15, -0.1) is 0 Å². The Balaban J connectivity index is 0.000000350. The van der Waals surface area contributed by atoms with Gasteiger partial charge in [-0.25, -0.2) is 13.8 Å². The van der Waals surface area contributed by atoms with Gasteiger partial charge in [-0.3, -0.25) is 14.6 Å². The van der Waals surface area contributed by atoms with Gasteiger partial charge in [-0.2, -0.15) is 4.39 Å². The number of carbonyl (C=O) groups excluding carboxylic acids is 2. The molecular weight excluding hydrogens is 353 g/mol. The zero-order valence-corrected chi connectivity index (χ0v) is 14.1. The van der Waals surface area contributed by atoms with E-state index >= 15 is 0 Å². The van der Waals surface area contributed by atoms with Crippen LogP contribution in [0.15, 0.2) is 36.7 Å². The van der Waals surface area contributed by atoms with Crippen molar-refractivity contribution in [2.45, 2.75) is 19.8 Å². The lowest BCUT2D eigenvalue weighted by molar-refractivity contribution is -0.157. The minimum atomic E-state index is -1.48. The van der Waals surface area contributed by atoms with Crippen LogP contribution in [0.25, 0.3) is 0 Å². The van der Waals surface area contributed by atoms with Crippen LogP contribution in [0.5, 0.6) is 0 Å². The molecule has 0 N–H and O–H groups in total. The molecule has 0 spiro atoms. The van der Waals surface area contributed by atoms with Crippen LogP contribution in [0.1, 0.15) is 25.5 Å². The number of halogens is 3. The molecule has 0 atom stereocenters. The Morgan fingerprint density at radius 1 is 0.923 bits per heavy atom. The molecule has 0 aliphatic carbocycles. The molecule has 9 heteroatoms. The molecule has 6 nitrogen and oxygen atoms in total. The molecule has 2 aromatic heterocycles. The Morgan fingerprint density at radius 3 is 1.81 bits per heavy atom. The van der Waals surface area contributed by atoms with E-state index in [1.165, 1.54) is 24.5 Å². The third-order valence-electron chi connectivity index (χ3n) is 2.82. The Bertz CT molecular complexity index is 704. The highest BCUT2D eigenvalue weighted by Crippen LogP contribution is 2.20. The third kappa shape index (κ3) is 6.15. The molecule has 2 aromatic rings. The molecule has 0 radical (unpaired) electrons. The van der Waals surface area contributed by atoms with Crippen LogP contribution in [0.4, 0.5) is 13.2 Å². The van der Waals surface area contributed by atoms with Gasteiger partial charge in [0.15, 0.2) is 11.7 Å². The minimum Gasteiger partial charge on any atom is -0.465 e. The number of rotatable bonds is 5. The van der Waals surface area contributed by atoms with Gasteiger partial charge in [0.1, 0.15) is 11.5 Å². The Hall–Kier alpha value is -2.97. The zero-order chi connectivity index (χ0) is 19.5. The van der Waals surface area contributed by atoms with E-state index in [0.29, 0.717) is 0 Å². The average molecular weight is 370 g/mol. The molecule has 0 fully saturated rings. The SMILES string of the molecule is CCOC(=O)C(C(=O)OCC)c1ncccc1F.Fc1cccnc1F. The maximum atomic E-state index is 13.6. The van der Waals surface area contributed by atoms with Crippen LogP contribution in [-0.4, -0.2) is 35.1 Å². The van der Waals surface area contributed by atoms with E-state index in [2.05, 4.69) is 9.97 Å². The Morgan fingerprint density at radius 2 is 1.42 bits per heavy atom. The lowest BCUT2D eigenvalue weighted by Crippen LogP contribution is -2.27. The Kier molecular flexibility index (Phi) is 8.76. The van der Waals surface area contributed by atoms with Crippen molar-refractivity contribution in [2.75, 3.05) is 13.2 Å². The van der Waals surface area contributed by atoms with Gasteiger partial charge in [0.05, 0.1) is 13.2 Å². The maximum absolute atomic E-state index is 13.6. The quantitative estimate of drug-likeness (QED) is 0.458. The second-order valence-electron chi connectivity index (χ2n) is 4.58. The number of hydrogen-bond acceptors (Lipinski definition) is 6. The summed E-state index contributed by atoms with van der Waals surface area (Å²) in [5.41, 5.74) is -0.283. The van der Waals surface area contributed by atoms with Gasteiger partial charge in [0.25, 0.3) is 0 Å². The number of hydrogen-bond donors (Lipinski definition) is 0. The predicted octanol–water partition coefficient (Wildman–Crippen LogP) is 2.79. The van der Waals surface area contributed by atoms with Crippen molar-refractivity contribution in [3.05, 3.63) is 59.9 Å². The summed E-state index contributed by atoms with van der Waals surface area (Å²) in [5.74, 6) is -5.92. The molecule has 0 aliphatic rings. The highest BCUT2D eigenvalue weighted by Gasteiger charge is 2.34. The van der Waals surface area contributed by atoms with Gasteiger partial charge in [-0.1, -0.05) is 0 Å². The number of aromatic nitrogens is 2. The van der Waals surface area contributed by atoms with Crippen LogP contribution in [0.2, 0.25) is 0 Å². The maximum Gasteiger partial charge on any atom is 0.326 e. The minimum absolute atomic E-state index is 0.0865. The van der Waals surface area contributed by atoms with E-state index in [1.807, 2.05) is 0 Å². The van der Waals surface area contributed by atoms with Crippen LogP contribution in [-0.2, 0) is 19.1 Å². The molecular formula is C17H17F3N2O4. The van der Waals surface area contributed by atoms with Gasteiger partial charge in [0, 0.05) is 12.4 Å². The van der Waals surface area contributed by atoms with Crippen LogP contribution in [0.3, 0.4) is 0 Å². The number of esters is 2. The molecule has 0 bridgehead atoms. The first-order chi connectivity index (χ1) is 12.4. The summed E-state index contributed by atoms with van der Waals surface area (Å²) in [6.45, 7) is 3.36. The summed E-state index contributed by atoms with van der Waals surface area (Å²) >= 11 is 0. The van der Waals surface area contributed by atoms with E-state index in [9.17, 15) is 22.8 Å². The number of pyridine rings is 2. The summed E-state index contributed by atoms with van der Waals surface area (Å²) in [7, 11) is 0. The monoisotopic (exact) mass is 370 g/mol. The summed E-state index contributed by atoms with van der Waals surface area (Å²) in [4.78, 5) is 30.1. The third-order valence-corrected chi connectivity index (χ3v) is 2.82. The molecule has 0 saturated carbocycles. The number of ether oxygens (including phenoxy) is 2. The summed E-state index contributed by atoms with van der Waals surface area (Å²) < 4.78 is 46.7. The fraction of sp³-hybridized carbons (Fsp3) is 0.294. The predicted molar refractivity (Wildman–Crippen MR) is 84.4 cm³/mol. The molecule has 2 heterocycles. The molecule has 0 saturated heterocycles. The Labute approximate surface area is 148 Å². The van der Waals surface area contributed by atoms with E-state index in [-0.39, 0.29) is 18.9 Å². The molecule has 0 unspecified atom stereocenters. The number of carbonyl (C=O) groups is 2. The van der Waals surface area contributed by atoms with E-state index in [1.54, 1.807) is 13.8 Å². The van der Waals surface area contributed by atoms with E-state index < -0.39 is 35.4 Å².